The van der Waals surface area contributed by atoms with Gasteiger partial charge in [-0.05, 0) is 44.4 Å². The number of aryl methyl sites for hydroxylation is 3. The topological polar surface area (TPSA) is 111 Å². The molecule has 0 unspecified atom stereocenters. The van der Waals surface area contributed by atoms with E-state index >= 15 is 0 Å². The minimum atomic E-state index is -0.435. The number of fused-ring (bicyclic) bond motifs is 1. The van der Waals surface area contributed by atoms with E-state index < -0.39 is 5.91 Å². The van der Waals surface area contributed by atoms with Gasteiger partial charge in [-0.3, -0.25) is 20.4 Å². The van der Waals surface area contributed by atoms with Crippen LogP contribution in [0, 0.1) is 20.8 Å². The van der Waals surface area contributed by atoms with E-state index in [4.69, 9.17) is 4.74 Å². The monoisotopic (exact) mass is 382 g/mol. The van der Waals surface area contributed by atoms with E-state index in [0.29, 0.717) is 17.9 Å². The maximum absolute atomic E-state index is 12.1. The maximum Gasteiger partial charge on any atom is 0.276 e. The second-order valence-electron chi connectivity index (χ2n) is 6.38. The number of aromatic nitrogens is 4. The highest BCUT2D eigenvalue weighted by atomic mass is 16.5. The van der Waals surface area contributed by atoms with Crippen molar-refractivity contribution in [3.05, 3.63) is 53.1 Å². The van der Waals surface area contributed by atoms with Crippen molar-refractivity contribution in [2.45, 2.75) is 33.6 Å². The van der Waals surface area contributed by atoms with Crippen molar-refractivity contribution >= 4 is 17.6 Å². The van der Waals surface area contributed by atoms with Crippen molar-refractivity contribution in [1.82, 2.24) is 30.4 Å². The van der Waals surface area contributed by atoms with Crippen LogP contribution in [0.4, 0.5) is 0 Å². The summed E-state index contributed by atoms with van der Waals surface area (Å²) >= 11 is 0. The van der Waals surface area contributed by atoms with Crippen LogP contribution in [0.5, 0.6) is 5.75 Å². The number of benzene rings is 1. The number of amides is 2. The molecule has 0 saturated heterocycles. The molecule has 0 atom stereocenters. The summed E-state index contributed by atoms with van der Waals surface area (Å²) in [6.07, 6.45) is 2.12. The van der Waals surface area contributed by atoms with Crippen LogP contribution in [0.25, 0.3) is 5.78 Å². The van der Waals surface area contributed by atoms with E-state index in [2.05, 4.69) is 25.9 Å². The van der Waals surface area contributed by atoms with Crippen LogP contribution in [0.1, 0.15) is 28.9 Å². The number of para-hydroxylation sites is 1. The van der Waals surface area contributed by atoms with Crippen LogP contribution in [0.2, 0.25) is 0 Å². The first kappa shape index (κ1) is 19.3. The third kappa shape index (κ3) is 4.43. The number of nitrogens with one attached hydrogen (secondary N) is 2. The van der Waals surface area contributed by atoms with Gasteiger partial charge < -0.3 is 4.74 Å². The minimum absolute atomic E-state index is 0.184. The van der Waals surface area contributed by atoms with Crippen LogP contribution >= 0.6 is 0 Å². The summed E-state index contributed by atoms with van der Waals surface area (Å²) in [5, 5.41) is 4.13. The first-order valence-corrected chi connectivity index (χ1v) is 8.87. The summed E-state index contributed by atoms with van der Waals surface area (Å²) in [4.78, 5) is 32.4. The van der Waals surface area contributed by atoms with Crippen molar-refractivity contribution in [3.8, 4) is 5.75 Å². The summed E-state index contributed by atoms with van der Waals surface area (Å²) in [5.74, 6) is 0.423. The van der Waals surface area contributed by atoms with Crippen LogP contribution in [-0.4, -0.2) is 38.0 Å². The molecule has 1 aromatic carbocycles. The van der Waals surface area contributed by atoms with Gasteiger partial charge >= 0.3 is 0 Å². The number of carbonyl (C=O) groups excluding carboxylic acids is 2. The van der Waals surface area contributed by atoms with Crippen LogP contribution in [0.3, 0.4) is 0 Å². The van der Waals surface area contributed by atoms with Gasteiger partial charge in [0.2, 0.25) is 5.91 Å². The quantitative estimate of drug-likeness (QED) is 0.620. The lowest BCUT2D eigenvalue weighted by Crippen LogP contribution is -2.44. The van der Waals surface area contributed by atoms with E-state index in [1.54, 1.807) is 10.6 Å². The Labute approximate surface area is 162 Å². The van der Waals surface area contributed by atoms with Gasteiger partial charge in [-0.2, -0.15) is 10.1 Å². The highest BCUT2D eigenvalue weighted by Crippen LogP contribution is 2.16. The number of carbonyl (C=O) groups is 2. The van der Waals surface area contributed by atoms with Crippen LogP contribution in [-0.2, 0) is 16.0 Å². The molecule has 0 aliphatic rings. The lowest BCUT2D eigenvalue weighted by atomic mass is 10.1. The number of nitrogens with zero attached hydrogens (tertiary/aromatic N) is 4. The Bertz CT molecular complexity index is 1010. The third-order valence-corrected chi connectivity index (χ3v) is 4.38. The average molecular weight is 382 g/mol. The van der Waals surface area contributed by atoms with Crippen LogP contribution < -0.4 is 15.6 Å². The molecule has 28 heavy (non-hydrogen) atoms. The summed E-state index contributed by atoms with van der Waals surface area (Å²) < 4.78 is 7.08. The molecule has 3 aromatic rings. The molecule has 0 aliphatic heterocycles. The zero-order chi connectivity index (χ0) is 20.1. The summed E-state index contributed by atoms with van der Waals surface area (Å²) in [6, 6.07) is 7.40. The van der Waals surface area contributed by atoms with Crippen molar-refractivity contribution in [2.24, 2.45) is 0 Å². The number of hydrazine groups is 1. The SMILES string of the molecule is Cc1ccccc1OCC(=O)NNC(=O)CCc1c(C)nc2ncnn2c1C. The Morgan fingerprint density at radius 3 is 2.64 bits per heavy atom. The van der Waals surface area contributed by atoms with Gasteiger partial charge in [-0.15, -0.1) is 0 Å². The van der Waals surface area contributed by atoms with Crippen LogP contribution in [0.15, 0.2) is 30.6 Å². The minimum Gasteiger partial charge on any atom is -0.483 e. The lowest BCUT2D eigenvalue weighted by Gasteiger charge is -2.12. The predicted octanol–water partition coefficient (Wildman–Crippen LogP) is 1.21. The van der Waals surface area contributed by atoms with Gasteiger partial charge in [0.05, 0.1) is 0 Å². The molecular formula is C19H22N6O3. The normalized spacial score (nSPS) is 10.7. The molecule has 2 N–H and O–H groups in total. The fraction of sp³-hybridized carbons (Fsp3) is 0.316. The van der Waals surface area contributed by atoms with E-state index in [1.165, 1.54) is 6.33 Å². The zero-order valence-electron chi connectivity index (χ0n) is 16.0. The second kappa shape index (κ2) is 8.47. The van der Waals surface area contributed by atoms with Gasteiger partial charge in [0.25, 0.3) is 11.7 Å². The molecule has 0 spiro atoms. The highest BCUT2D eigenvalue weighted by molar-refractivity contribution is 5.82. The Kier molecular flexibility index (Phi) is 5.83. The molecule has 3 rings (SSSR count). The van der Waals surface area contributed by atoms with Crippen molar-refractivity contribution in [1.29, 1.82) is 0 Å². The number of ether oxygens (including phenoxy) is 1. The largest absolute Gasteiger partial charge is 0.483 e. The molecule has 0 aliphatic carbocycles. The first-order valence-electron chi connectivity index (χ1n) is 8.87. The number of hydrogen-bond donors (Lipinski definition) is 2. The second-order valence-corrected chi connectivity index (χ2v) is 6.38. The van der Waals surface area contributed by atoms with E-state index in [-0.39, 0.29) is 18.9 Å². The molecule has 9 nitrogen and oxygen atoms in total. The van der Waals surface area contributed by atoms with Gasteiger partial charge in [0.15, 0.2) is 6.61 Å². The Morgan fingerprint density at radius 1 is 1.11 bits per heavy atom. The lowest BCUT2D eigenvalue weighted by molar-refractivity contribution is -0.130. The fourth-order valence-corrected chi connectivity index (χ4v) is 2.86. The summed E-state index contributed by atoms with van der Waals surface area (Å²) in [7, 11) is 0. The van der Waals surface area contributed by atoms with Gasteiger partial charge in [-0.25, -0.2) is 9.50 Å². The molecular weight excluding hydrogens is 360 g/mol. The Hall–Kier alpha value is -3.49. The van der Waals surface area contributed by atoms with Gasteiger partial charge in [-0.1, -0.05) is 18.2 Å². The smallest absolute Gasteiger partial charge is 0.276 e. The molecule has 9 heteroatoms. The fourth-order valence-electron chi connectivity index (χ4n) is 2.86. The Balaban J connectivity index is 1.47. The zero-order valence-corrected chi connectivity index (χ0v) is 16.0. The van der Waals surface area contributed by atoms with Gasteiger partial charge in [0, 0.05) is 17.8 Å². The van der Waals surface area contributed by atoms with E-state index in [1.807, 2.05) is 39.0 Å². The maximum atomic E-state index is 12.1. The number of hydrogen-bond acceptors (Lipinski definition) is 6. The molecule has 0 fully saturated rings. The number of rotatable bonds is 6. The molecule has 2 amide bonds. The van der Waals surface area contributed by atoms with Crippen molar-refractivity contribution < 1.29 is 14.3 Å². The highest BCUT2D eigenvalue weighted by Gasteiger charge is 2.13. The molecule has 0 radical (unpaired) electrons. The first-order chi connectivity index (χ1) is 13.5. The van der Waals surface area contributed by atoms with Gasteiger partial charge in [0.1, 0.15) is 12.1 Å². The predicted molar refractivity (Wildman–Crippen MR) is 102 cm³/mol. The van der Waals surface area contributed by atoms with Crippen molar-refractivity contribution in [2.75, 3.05) is 6.61 Å². The van der Waals surface area contributed by atoms with Crippen molar-refractivity contribution in [3.63, 3.8) is 0 Å². The molecule has 146 valence electrons. The molecule has 2 heterocycles. The molecule has 0 saturated carbocycles. The summed E-state index contributed by atoms with van der Waals surface area (Å²) in [6.45, 7) is 5.49. The van der Waals surface area contributed by atoms with E-state index in [0.717, 1.165) is 22.5 Å². The average Bonchev–Trinajstić information content (AvgIpc) is 3.14. The molecule has 0 bridgehead atoms. The standard InChI is InChI=1S/C19H22N6O3/c1-12-6-4-5-7-16(12)28-10-18(27)24-23-17(26)9-8-15-13(2)22-19-20-11-21-25(19)14(15)3/h4-7,11H,8-10H2,1-3H3,(H,23,26)(H,24,27). The third-order valence-electron chi connectivity index (χ3n) is 4.38. The Morgan fingerprint density at radius 2 is 1.86 bits per heavy atom. The van der Waals surface area contributed by atoms with E-state index in [9.17, 15) is 9.59 Å². The molecule has 2 aromatic heterocycles. The summed E-state index contributed by atoms with van der Waals surface area (Å²) in [5.41, 5.74) is 8.32.